The van der Waals surface area contributed by atoms with Crippen LogP contribution in [0.4, 0.5) is 11.4 Å². The first-order valence-corrected chi connectivity index (χ1v) is 8.26. The van der Waals surface area contributed by atoms with Crippen molar-refractivity contribution in [3.63, 3.8) is 0 Å². The number of carbonyl (C=O) groups excluding carboxylic acids is 2. The minimum absolute atomic E-state index is 0.0338. The van der Waals surface area contributed by atoms with E-state index in [2.05, 4.69) is 5.32 Å². The Hall–Kier alpha value is -3.02. The van der Waals surface area contributed by atoms with Gasteiger partial charge in [-0.15, -0.1) is 0 Å². The van der Waals surface area contributed by atoms with E-state index < -0.39 is 0 Å². The van der Waals surface area contributed by atoms with Crippen LogP contribution in [-0.2, 0) is 9.59 Å². The van der Waals surface area contributed by atoms with Crippen molar-refractivity contribution in [1.29, 1.82) is 0 Å². The van der Waals surface area contributed by atoms with Crippen molar-refractivity contribution in [2.45, 2.75) is 6.42 Å². The van der Waals surface area contributed by atoms with Crippen LogP contribution in [0.5, 0.6) is 11.5 Å². The van der Waals surface area contributed by atoms with Crippen molar-refractivity contribution < 1.29 is 19.1 Å². The Balaban J connectivity index is 1.44. The summed E-state index contributed by atoms with van der Waals surface area (Å²) >= 11 is 0. The van der Waals surface area contributed by atoms with Crippen molar-refractivity contribution in [3.8, 4) is 11.5 Å². The van der Waals surface area contributed by atoms with E-state index in [0.29, 0.717) is 36.9 Å². The molecule has 2 aliphatic rings. The fourth-order valence-electron chi connectivity index (χ4n) is 3.11. The van der Waals surface area contributed by atoms with E-state index >= 15 is 0 Å². The van der Waals surface area contributed by atoms with Crippen LogP contribution in [0.25, 0.3) is 0 Å². The van der Waals surface area contributed by atoms with Crippen molar-refractivity contribution in [3.05, 3.63) is 48.5 Å². The Morgan fingerprint density at radius 3 is 2.60 bits per heavy atom. The molecule has 0 unspecified atom stereocenters. The lowest BCUT2D eigenvalue weighted by molar-refractivity contribution is -0.122. The monoisotopic (exact) mass is 338 g/mol. The summed E-state index contributed by atoms with van der Waals surface area (Å²) in [5.74, 6) is 0.728. The summed E-state index contributed by atoms with van der Waals surface area (Å²) in [4.78, 5) is 26.4. The molecule has 4 rings (SSSR count). The predicted molar refractivity (Wildman–Crippen MR) is 93.0 cm³/mol. The summed E-state index contributed by atoms with van der Waals surface area (Å²) in [6.45, 7) is 1.41. The molecule has 0 saturated carbocycles. The SMILES string of the molecule is O=C(Nc1ccc2c(c1)OCCO2)[C@@H]1CC(=O)N(c2ccccc2)C1. The second-order valence-corrected chi connectivity index (χ2v) is 6.09. The first-order chi connectivity index (χ1) is 12.2. The van der Waals surface area contributed by atoms with Gasteiger partial charge in [-0.25, -0.2) is 0 Å². The number of para-hydroxylation sites is 1. The van der Waals surface area contributed by atoms with Crippen molar-refractivity contribution in [2.75, 3.05) is 30.0 Å². The van der Waals surface area contributed by atoms with Gasteiger partial charge in [-0.1, -0.05) is 18.2 Å². The van der Waals surface area contributed by atoms with Crippen LogP contribution < -0.4 is 19.7 Å². The molecule has 25 heavy (non-hydrogen) atoms. The van der Waals surface area contributed by atoms with Crippen LogP contribution in [0.3, 0.4) is 0 Å². The minimum atomic E-state index is -0.374. The van der Waals surface area contributed by atoms with E-state index in [4.69, 9.17) is 9.47 Å². The Kier molecular flexibility index (Phi) is 4.01. The molecule has 0 bridgehead atoms. The Bertz CT molecular complexity index is 806. The summed E-state index contributed by atoms with van der Waals surface area (Å²) in [6.07, 6.45) is 0.214. The van der Waals surface area contributed by atoms with Gasteiger partial charge in [0, 0.05) is 30.4 Å². The van der Waals surface area contributed by atoms with E-state index in [0.717, 1.165) is 5.69 Å². The normalized spacial score (nSPS) is 19.0. The lowest BCUT2D eigenvalue weighted by atomic mass is 10.1. The quantitative estimate of drug-likeness (QED) is 0.933. The standard InChI is InChI=1S/C19H18N2O4/c22-18-10-13(12-21(18)15-4-2-1-3-5-15)19(23)20-14-6-7-16-17(11-14)25-9-8-24-16/h1-7,11,13H,8-10,12H2,(H,20,23)/t13-/m1/s1. The highest BCUT2D eigenvalue weighted by molar-refractivity contribution is 6.03. The molecule has 0 spiro atoms. The molecule has 0 aromatic heterocycles. The summed E-state index contributed by atoms with van der Waals surface area (Å²) in [5, 5.41) is 2.87. The number of nitrogens with zero attached hydrogens (tertiary/aromatic N) is 1. The van der Waals surface area contributed by atoms with Gasteiger partial charge in [-0.3, -0.25) is 9.59 Å². The number of ether oxygens (including phenoxy) is 2. The van der Waals surface area contributed by atoms with Crippen LogP contribution in [0, 0.1) is 5.92 Å². The van der Waals surface area contributed by atoms with Gasteiger partial charge >= 0.3 is 0 Å². The zero-order valence-electron chi connectivity index (χ0n) is 13.6. The molecule has 2 aromatic rings. The van der Waals surface area contributed by atoms with Crippen LogP contribution in [0.1, 0.15) is 6.42 Å². The van der Waals surface area contributed by atoms with Gasteiger partial charge in [-0.05, 0) is 24.3 Å². The van der Waals surface area contributed by atoms with Crippen LogP contribution in [0.15, 0.2) is 48.5 Å². The second kappa shape index (κ2) is 6.47. The number of nitrogens with one attached hydrogen (secondary N) is 1. The van der Waals surface area contributed by atoms with E-state index in [1.54, 1.807) is 23.1 Å². The molecule has 0 aliphatic carbocycles. The molecule has 2 aliphatic heterocycles. The fraction of sp³-hybridized carbons (Fsp3) is 0.263. The highest BCUT2D eigenvalue weighted by Gasteiger charge is 2.35. The topological polar surface area (TPSA) is 67.9 Å². The molecule has 128 valence electrons. The van der Waals surface area contributed by atoms with Gasteiger partial charge < -0.3 is 19.7 Å². The predicted octanol–water partition coefficient (Wildman–Crippen LogP) is 2.45. The highest BCUT2D eigenvalue weighted by Crippen LogP contribution is 2.33. The number of anilines is 2. The van der Waals surface area contributed by atoms with Gasteiger partial charge in [0.05, 0.1) is 5.92 Å². The Morgan fingerprint density at radius 2 is 1.80 bits per heavy atom. The molecule has 2 amide bonds. The van der Waals surface area contributed by atoms with Crippen molar-refractivity contribution in [1.82, 2.24) is 0 Å². The molecule has 1 N–H and O–H groups in total. The zero-order valence-corrected chi connectivity index (χ0v) is 13.6. The maximum Gasteiger partial charge on any atom is 0.229 e. The van der Waals surface area contributed by atoms with E-state index in [9.17, 15) is 9.59 Å². The third-order valence-electron chi connectivity index (χ3n) is 4.37. The van der Waals surface area contributed by atoms with Crippen LogP contribution in [0.2, 0.25) is 0 Å². The van der Waals surface area contributed by atoms with Crippen LogP contribution >= 0.6 is 0 Å². The van der Waals surface area contributed by atoms with Gasteiger partial charge in [0.2, 0.25) is 11.8 Å². The van der Waals surface area contributed by atoms with E-state index in [1.165, 1.54) is 0 Å². The number of rotatable bonds is 3. The minimum Gasteiger partial charge on any atom is -0.486 e. The van der Waals surface area contributed by atoms with Gasteiger partial charge in [-0.2, -0.15) is 0 Å². The van der Waals surface area contributed by atoms with E-state index in [-0.39, 0.29) is 24.2 Å². The first-order valence-electron chi connectivity index (χ1n) is 8.26. The molecule has 1 saturated heterocycles. The zero-order chi connectivity index (χ0) is 17.2. The molecular formula is C19H18N2O4. The summed E-state index contributed by atoms with van der Waals surface area (Å²) < 4.78 is 11.0. The largest absolute Gasteiger partial charge is 0.486 e. The van der Waals surface area contributed by atoms with Gasteiger partial charge in [0.15, 0.2) is 11.5 Å². The maximum absolute atomic E-state index is 12.5. The lowest BCUT2D eigenvalue weighted by Crippen LogP contribution is -2.28. The number of carbonyl (C=O) groups is 2. The van der Waals surface area contributed by atoms with Crippen LogP contribution in [-0.4, -0.2) is 31.6 Å². The number of hydrogen-bond acceptors (Lipinski definition) is 4. The molecule has 6 heteroatoms. The molecule has 0 radical (unpaired) electrons. The number of hydrogen-bond donors (Lipinski definition) is 1. The van der Waals surface area contributed by atoms with Gasteiger partial charge in [0.1, 0.15) is 13.2 Å². The average Bonchev–Trinajstić information content (AvgIpc) is 3.04. The average molecular weight is 338 g/mol. The number of amides is 2. The fourth-order valence-corrected chi connectivity index (χ4v) is 3.11. The maximum atomic E-state index is 12.5. The summed E-state index contributed by atoms with van der Waals surface area (Å²) in [5.41, 5.74) is 1.46. The molecule has 2 heterocycles. The van der Waals surface area contributed by atoms with Crippen molar-refractivity contribution >= 4 is 23.2 Å². The summed E-state index contributed by atoms with van der Waals surface area (Å²) in [6, 6.07) is 14.7. The third kappa shape index (κ3) is 3.15. The molecule has 1 atom stereocenters. The number of fused-ring (bicyclic) bond motifs is 1. The highest BCUT2D eigenvalue weighted by atomic mass is 16.6. The number of benzene rings is 2. The van der Waals surface area contributed by atoms with E-state index in [1.807, 2.05) is 30.3 Å². The van der Waals surface area contributed by atoms with Gasteiger partial charge in [0.25, 0.3) is 0 Å². The molecule has 6 nitrogen and oxygen atoms in total. The molecule has 1 fully saturated rings. The Morgan fingerprint density at radius 1 is 1.04 bits per heavy atom. The van der Waals surface area contributed by atoms with Crippen molar-refractivity contribution in [2.24, 2.45) is 5.92 Å². The lowest BCUT2D eigenvalue weighted by Gasteiger charge is -2.19. The molecular weight excluding hydrogens is 320 g/mol. The first kappa shape index (κ1) is 15.5. The third-order valence-corrected chi connectivity index (χ3v) is 4.37. The second-order valence-electron chi connectivity index (χ2n) is 6.09. The smallest absolute Gasteiger partial charge is 0.229 e. The summed E-state index contributed by atoms with van der Waals surface area (Å²) in [7, 11) is 0. The Labute approximate surface area is 145 Å². The molecule has 2 aromatic carbocycles.